The molecule has 3 aromatic rings. The summed E-state index contributed by atoms with van der Waals surface area (Å²) in [6, 6.07) is 6.82. The molecule has 2 N–H and O–H groups in total. The fourth-order valence-electron chi connectivity index (χ4n) is 3.04. The van der Waals surface area contributed by atoms with Crippen LogP contribution in [0.1, 0.15) is 11.1 Å². The second-order valence-electron chi connectivity index (χ2n) is 6.41. The van der Waals surface area contributed by atoms with E-state index in [9.17, 15) is 14.4 Å². The first-order chi connectivity index (χ1) is 14.2. The molecule has 0 saturated carbocycles. The van der Waals surface area contributed by atoms with Gasteiger partial charge in [-0.25, -0.2) is 9.25 Å². The third kappa shape index (κ3) is 4.25. The number of methoxy groups -OCH3 is 3. The van der Waals surface area contributed by atoms with E-state index in [4.69, 9.17) is 18.7 Å². The summed E-state index contributed by atoms with van der Waals surface area (Å²) in [5.74, 6) is 0.801. The van der Waals surface area contributed by atoms with E-state index in [0.717, 1.165) is 11.1 Å². The van der Waals surface area contributed by atoms with Crippen LogP contribution < -0.4 is 18.7 Å². The van der Waals surface area contributed by atoms with E-state index in [1.807, 2.05) is 26.0 Å². The SMILES string of the molecule is COc1cc(-n2nncc2-c2cc(OC)c(OC)c(OP(=O)(O)O)c2)cc(C)c1C. The molecule has 0 bridgehead atoms. The summed E-state index contributed by atoms with van der Waals surface area (Å²) in [4.78, 5) is 18.5. The van der Waals surface area contributed by atoms with Crippen LogP contribution in [-0.4, -0.2) is 46.1 Å². The van der Waals surface area contributed by atoms with Gasteiger partial charge in [0.05, 0.1) is 38.9 Å². The molecule has 0 aliphatic heterocycles. The second-order valence-corrected chi connectivity index (χ2v) is 7.58. The minimum atomic E-state index is -4.84. The van der Waals surface area contributed by atoms with Crippen LogP contribution in [0.3, 0.4) is 0 Å². The molecule has 11 heteroatoms. The third-order valence-electron chi connectivity index (χ3n) is 4.58. The zero-order valence-electron chi connectivity index (χ0n) is 17.1. The van der Waals surface area contributed by atoms with Gasteiger partial charge in [-0.2, -0.15) is 0 Å². The van der Waals surface area contributed by atoms with Crippen LogP contribution in [-0.2, 0) is 4.57 Å². The van der Waals surface area contributed by atoms with Gasteiger partial charge in [-0.05, 0) is 43.2 Å². The average Bonchev–Trinajstić information content (AvgIpc) is 3.18. The monoisotopic (exact) mass is 435 g/mol. The van der Waals surface area contributed by atoms with Crippen LogP contribution in [0.25, 0.3) is 16.9 Å². The lowest BCUT2D eigenvalue weighted by atomic mass is 10.1. The topological polar surface area (TPSA) is 125 Å². The number of benzene rings is 2. The van der Waals surface area contributed by atoms with Gasteiger partial charge in [0.1, 0.15) is 5.75 Å². The molecule has 0 amide bonds. The molecule has 0 fully saturated rings. The first-order valence-corrected chi connectivity index (χ1v) is 10.3. The molecule has 1 heterocycles. The molecule has 0 spiro atoms. The summed E-state index contributed by atoms with van der Waals surface area (Å²) in [5.41, 5.74) is 3.75. The highest BCUT2D eigenvalue weighted by molar-refractivity contribution is 7.46. The smallest absolute Gasteiger partial charge is 0.496 e. The van der Waals surface area contributed by atoms with E-state index in [0.29, 0.717) is 22.7 Å². The van der Waals surface area contributed by atoms with Gasteiger partial charge in [0.15, 0.2) is 11.5 Å². The van der Waals surface area contributed by atoms with Gasteiger partial charge in [0.2, 0.25) is 5.75 Å². The number of rotatable bonds is 7. The Morgan fingerprint density at radius 3 is 2.20 bits per heavy atom. The summed E-state index contributed by atoms with van der Waals surface area (Å²) in [6.07, 6.45) is 1.52. The Hall–Kier alpha value is -3.07. The van der Waals surface area contributed by atoms with Crippen LogP contribution in [0.2, 0.25) is 0 Å². The van der Waals surface area contributed by atoms with Crippen LogP contribution in [0.5, 0.6) is 23.0 Å². The molecular weight excluding hydrogens is 413 g/mol. The van der Waals surface area contributed by atoms with Crippen molar-refractivity contribution in [3.8, 4) is 39.9 Å². The molecule has 160 valence electrons. The van der Waals surface area contributed by atoms with Crippen molar-refractivity contribution in [2.45, 2.75) is 13.8 Å². The van der Waals surface area contributed by atoms with Crippen LogP contribution >= 0.6 is 7.82 Å². The quantitative estimate of drug-likeness (QED) is 0.539. The molecule has 0 unspecified atom stereocenters. The number of hydrogen-bond donors (Lipinski definition) is 2. The highest BCUT2D eigenvalue weighted by Crippen LogP contribution is 2.48. The zero-order chi connectivity index (χ0) is 22.1. The Labute approximate surface area is 173 Å². The van der Waals surface area contributed by atoms with Crippen molar-refractivity contribution in [1.29, 1.82) is 0 Å². The first kappa shape index (κ1) is 21.6. The number of hydrogen-bond acceptors (Lipinski definition) is 7. The minimum absolute atomic E-state index is 0.0523. The molecule has 0 aliphatic rings. The van der Waals surface area contributed by atoms with Gasteiger partial charge >= 0.3 is 7.82 Å². The first-order valence-electron chi connectivity index (χ1n) is 8.76. The van der Waals surface area contributed by atoms with E-state index < -0.39 is 7.82 Å². The van der Waals surface area contributed by atoms with Crippen molar-refractivity contribution in [3.63, 3.8) is 0 Å². The fourth-order valence-corrected chi connectivity index (χ4v) is 3.43. The third-order valence-corrected chi connectivity index (χ3v) is 5.01. The van der Waals surface area contributed by atoms with Gasteiger partial charge < -0.3 is 18.7 Å². The maximum absolute atomic E-state index is 11.4. The van der Waals surface area contributed by atoms with Crippen LogP contribution in [0.15, 0.2) is 30.5 Å². The Balaban J connectivity index is 2.19. The van der Waals surface area contributed by atoms with E-state index in [1.165, 1.54) is 26.5 Å². The Kier molecular flexibility index (Phi) is 6.02. The number of ether oxygens (including phenoxy) is 3. The summed E-state index contributed by atoms with van der Waals surface area (Å²) in [6.45, 7) is 3.92. The molecule has 0 atom stereocenters. The molecular formula is C19H22N3O7P. The maximum atomic E-state index is 11.4. The highest BCUT2D eigenvalue weighted by atomic mass is 31.2. The predicted molar refractivity (Wildman–Crippen MR) is 109 cm³/mol. The lowest BCUT2D eigenvalue weighted by molar-refractivity contribution is 0.273. The fraction of sp³-hybridized carbons (Fsp3) is 0.263. The van der Waals surface area contributed by atoms with Gasteiger partial charge in [0.25, 0.3) is 0 Å². The van der Waals surface area contributed by atoms with Crippen LogP contribution in [0, 0.1) is 13.8 Å². The Bertz CT molecular complexity index is 1120. The van der Waals surface area contributed by atoms with Crippen molar-refractivity contribution in [2.75, 3.05) is 21.3 Å². The predicted octanol–water partition coefficient (Wildman–Crippen LogP) is 3.05. The minimum Gasteiger partial charge on any atom is -0.496 e. The van der Waals surface area contributed by atoms with Crippen molar-refractivity contribution in [2.24, 2.45) is 0 Å². The maximum Gasteiger partial charge on any atom is 0.524 e. The van der Waals surface area contributed by atoms with Gasteiger partial charge in [-0.3, -0.25) is 9.79 Å². The number of nitrogens with zero attached hydrogens (tertiary/aromatic N) is 3. The number of phosphoric ester groups is 1. The lowest BCUT2D eigenvalue weighted by Gasteiger charge is -2.17. The van der Waals surface area contributed by atoms with Gasteiger partial charge in [-0.1, -0.05) is 5.21 Å². The van der Waals surface area contributed by atoms with E-state index in [1.54, 1.807) is 17.9 Å². The number of phosphoric acid groups is 1. The summed E-state index contributed by atoms with van der Waals surface area (Å²) in [7, 11) is -0.493. The largest absolute Gasteiger partial charge is 0.524 e. The number of aromatic nitrogens is 3. The highest BCUT2D eigenvalue weighted by Gasteiger charge is 2.24. The van der Waals surface area contributed by atoms with E-state index in [-0.39, 0.29) is 17.2 Å². The van der Waals surface area contributed by atoms with Crippen LogP contribution in [0.4, 0.5) is 0 Å². The summed E-state index contributed by atoms with van der Waals surface area (Å²) in [5, 5.41) is 8.15. The molecule has 1 aromatic heterocycles. The molecule has 3 rings (SSSR count). The van der Waals surface area contributed by atoms with Crippen molar-refractivity contribution < 1.29 is 33.1 Å². The lowest BCUT2D eigenvalue weighted by Crippen LogP contribution is -2.03. The summed E-state index contributed by atoms with van der Waals surface area (Å²) >= 11 is 0. The van der Waals surface area contributed by atoms with Crippen molar-refractivity contribution in [3.05, 3.63) is 41.6 Å². The average molecular weight is 435 g/mol. The molecule has 0 saturated heterocycles. The molecule has 0 radical (unpaired) electrons. The number of aryl methyl sites for hydroxylation is 1. The normalized spacial score (nSPS) is 11.3. The summed E-state index contributed by atoms with van der Waals surface area (Å²) < 4.78 is 33.8. The van der Waals surface area contributed by atoms with Crippen molar-refractivity contribution >= 4 is 7.82 Å². The van der Waals surface area contributed by atoms with E-state index >= 15 is 0 Å². The zero-order valence-corrected chi connectivity index (χ0v) is 18.0. The van der Waals surface area contributed by atoms with Gasteiger partial charge in [0, 0.05) is 11.6 Å². The molecule has 10 nitrogen and oxygen atoms in total. The molecule has 30 heavy (non-hydrogen) atoms. The molecule has 2 aromatic carbocycles. The Morgan fingerprint density at radius 2 is 1.60 bits per heavy atom. The Morgan fingerprint density at radius 1 is 0.933 bits per heavy atom. The van der Waals surface area contributed by atoms with Gasteiger partial charge in [-0.15, -0.1) is 5.10 Å². The standard InChI is InChI=1S/C19H22N3O7P/c1-11-6-14(9-16(26-3)12(11)2)22-15(10-20-21-22)13-7-17(27-4)19(28-5)18(8-13)29-30(23,24)25/h6-10H,1-5H3,(H2,23,24,25). The second kappa shape index (κ2) is 8.35. The van der Waals surface area contributed by atoms with Crippen molar-refractivity contribution in [1.82, 2.24) is 15.0 Å². The van der Waals surface area contributed by atoms with E-state index in [2.05, 4.69) is 10.3 Å². The molecule has 0 aliphatic carbocycles.